The molecular formula is C23H23N5OS. The lowest BCUT2D eigenvalue weighted by molar-refractivity contribution is -0.116. The highest BCUT2D eigenvalue weighted by atomic mass is 32.1. The van der Waals surface area contributed by atoms with Crippen LogP contribution in [0.25, 0.3) is 4.96 Å². The highest BCUT2D eigenvalue weighted by Gasteiger charge is 2.26. The van der Waals surface area contributed by atoms with E-state index >= 15 is 0 Å². The maximum atomic E-state index is 13.3. The largest absolute Gasteiger partial charge is 0.300 e. The summed E-state index contributed by atoms with van der Waals surface area (Å²) in [5, 5.41) is 16.9. The maximum Gasteiger partial charge on any atom is 0.238 e. The molecule has 0 aliphatic heterocycles. The van der Waals surface area contributed by atoms with E-state index in [9.17, 15) is 4.79 Å². The van der Waals surface area contributed by atoms with Crippen LogP contribution in [0.4, 0.5) is 5.13 Å². The van der Waals surface area contributed by atoms with Gasteiger partial charge in [-0.25, -0.2) is 0 Å². The van der Waals surface area contributed by atoms with Crippen molar-refractivity contribution in [3.63, 3.8) is 0 Å². The lowest BCUT2D eigenvalue weighted by Crippen LogP contribution is -2.22. The van der Waals surface area contributed by atoms with Crippen LogP contribution < -0.4 is 5.32 Å². The average molecular weight is 418 g/mol. The molecule has 2 aromatic carbocycles. The molecule has 1 aliphatic carbocycles. The van der Waals surface area contributed by atoms with Crippen molar-refractivity contribution < 1.29 is 4.79 Å². The molecule has 0 bridgehead atoms. The van der Waals surface area contributed by atoms with Gasteiger partial charge in [0.25, 0.3) is 0 Å². The monoisotopic (exact) mass is 417 g/mol. The van der Waals surface area contributed by atoms with Crippen LogP contribution in [0.5, 0.6) is 0 Å². The van der Waals surface area contributed by atoms with Crippen LogP contribution in [0.1, 0.15) is 60.9 Å². The first-order valence-corrected chi connectivity index (χ1v) is 11.2. The molecule has 2 heterocycles. The number of rotatable bonds is 5. The summed E-state index contributed by atoms with van der Waals surface area (Å²) in [6.07, 6.45) is 6.00. The minimum atomic E-state index is -0.403. The fraction of sp³-hybridized carbons (Fsp3) is 0.304. The standard InChI is InChI=1S/C23H23N5OS/c29-21(19(16-10-4-1-5-11-16)17-12-6-2-7-13-17)24-22-27-28-20(25-26-23(28)30-22)18-14-8-3-9-15-18/h1-2,4-7,10-13,18-19H,3,8-9,14-15H2,(H,24,27,29). The van der Waals surface area contributed by atoms with Crippen LogP contribution in [0.2, 0.25) is 0 Å². The van der Waals surface area contributed by atoms with Crippen LogP contribution >= 0.6 is 11.3 Å². The summed E-state index contributed by atoms with van der Waals surface area (Å²) in [5.41, 5.74) is 1.90. The molecule has 4 aromatic rings. The van der Waals surface area contributed by atoms with Crippen molar-refractivity contribution in [2.45, 2.75) is 43.9 Å². The van der Waals surface area contributed by atoms with Gasteiger partial charge in [0.2, 0.25) is 16.0 Å². The number of aromatic nitrogens is 4. The summed E-state index contributed by atoms with van der Waals surface area (Å²) in [5.74, 6) is 0.820. The predicted molar refractivity (Wildman–Crippen MR) is 118 cm³/mol. The van der Waals surface area contributed by atoms with Gasteiger partial charge in [-0.05, 0) is 24.0 Å². The molecule has 0 saturated heterocycles. The van der Waals surface area contributed by atoms with E-state index in [-0.39, 0.29) is 5.91 Å². The van der Waals surface area contributed by atoms with Gasteiger partial charge >= 0.3 is 0 Å². The molecule has 5 rings (SSSR count). The van der Waals surface area contributed by atoms with Crippen LogP contribution in [-0.4, -0.2) is 25.7 Å². The third-order valence-electron chi connectivity index (χ3n) is 5.74. The molecule has 30 heavy (non-hydrogen) atoms. The molecule has 152 valence electrons. The summed E-state index contributed by atoms with van der Waals surface area (Å²) < 4.78 is 1.82. The minimum absolute atomic E-state index is 0.100. The first kappa shape index (κ1) is 18.9. The molecule has 1 aliphatic rings. The summed E-state index contributed by atoms with van der Waals surface area (Å²) in [6, 6.07) is 19.7. The van der Waals surface area contributed by atoms with Crippen LogP contribution in [0.15, 0.2) is 60.7 Å². The van der Waals surface area contributed by atoms with E-state index in [0.717, 1.165) is 34.8 Å². The Balaban J connectivity index is 1.43. The van der Waals surface area contributed by atoms with Gasteiger partial charge in [-0.1, -0.05) is 91.3 Å². The molecule has 0 atom stereocenters. The van der Waals surface area contributed by atoms with Crippen molar-refractivity contribution in [3.8, 4) is 0 Å². The van der Waals surface area contributed by atoms with Gasteiger partial charge in [-0.3, -0.25) is 10.1 Å². The van der Waals surface area contributed by atoms with Crippen molar-refractivity contribution in [2.24, 2.45) is 0 Å². The second kappa shape index (κ2) is 8.36. The van der Waals surface area contributed by atoms with E-state index in [4.69, 9.17) is 0 Å². The summed E-state index contributed by atoms with van der Waals surface area (Å²) in [7, 11) is 0. The summed E-state index contributed by atoms with van der Waals surface area (Å²) in [6.45, 7) is 0. The van der Waals surface area contributed by atoms with E-state index in [1.165, 1.54) is 30.6 Å². The lowest BCUT2D eigenvalue weighted by atomic mass is 9.89. The number of carbonyl (C=O) groups is 1. The molecule has 1 saturated carbocycles. The topological polar surface area (TPSA) is 72.2 Å². The number of anilines is 1. The number of amides is 1. The first-order chi connectivity index (χ1) is 14.8. The predicted octanol–water partition coefficient (Wildman–Crippen LogP) is 5.00. The van der Waals surface area contributed by atoms with Gasteiger partial charge in [-0.2, -0.15) is 4.52 Å². The molecule has 0 spiro atoms. The number of carbonyl (C=O) groups excluding carboxylic acids is 1. The Morgan fingerprint density at radius 1 is 0.933 bits per heavy atom. The van der Waals surface area contributed by atoms with Gasteiger partial charge in [0.15, 0.2) is 5.82 Å². The van der Waals surface area contributed by atoms with E-state index in [1.807, 2.05) is 65.2 Å². The van der Waals surface area contributed by atoms with E-state index in [1.54, 1.807) is 0 Å². The Hall–Kier alpha value is -3.06. The Kier molecular flexibility index (Phi) is 5.27. The number of nitrogens with one attached hydrogen (secondary N) is 1. The SMILES string of the molecule is O=C(Nc1nn2c(C3CCCCC3)nnc2s1)C(c1ccccc1)c1ccccc1. The third kappa shape index (κ3) is 3.73. The highest BCUT2D eigenvalue weighted by Crippen LogP contribution is 2.33. The summed E-state index contributed by atoms with van der Waals surface area (Å²) >= 11 is 1.36. The molecule has 2 aromatic heterocycles. The van der Waals surface area contributed by atoms with Gasteiger partial charge in [0.05, 0.1) is 5.92 Å². The van der Waals surface area contributed by atoms with E-state index in [0.29, 0.717) is 11.0 Å². The van der Waals surface area contributed by atoms with Gasteiger partial charge in [0.1, 0.15) is 0 Å². The number of nitrogens with zero attached hydrogens (tertiary/aromatic N) is 4. The Bertz CT molecular complexity index is 1090. The first-order valence-electron chi connectivity index (χ1n) is 10.4. The fourth-order valence-electron chi connectivity index (χ4n) is 4.26. The van der Waals surface area contributed by atoms with Crippen molar-refractivity contribution in [2.75, 3.05) is 5.32 Å². The molecule has 0 radical (unpaired) electrons. The molecule has 0 unspecified atom stereocenters. The van der Waals surface area contributed by atoms with Crippen molar-refractivity contribution in [1.82, 2.24) is 19.8 Å². The molecular weight excluding hydrogens is 394 g/mol. The number of benzene rings is 2. The van der Waals surface area contributed by atoms with Crippen LogP contribution in [0, 0.1) is 0 Å². The van der Waals surface area contributed by atoms with Crippen LogP contribution in [-0.2, 0) is 4.79 Å². The van der Waals surface area contributed by atoms with Gasteiger partial charge in [0, 0.05) is 5.92 Å². The molecule has 1 N–H and O–H groups in total. The smallest absolute Gasteiger partial charge is 0.238 e. The van der Waals surface area contributed by atoms with E-state index < -0.39 is 5.92 Å². The Labute approximate surface area is 179 Å². The zero-order valence-electron chi connectivity index (χ0n) is 16.6. The zero-order chi connectivity index (χ0) is 20.3. The lowest BCUT2D eigenvalue weighted by Gasteiger charge is -2.18. The van der Waals surface area contributed by atoms with Crippen molar-refractivity contribution in [1.29, 1.82) is 0 Å². The minimum Gasteiger partial charge on any atom is -0.300 e. The highest BCUT2D eigenvalue weighted by molar-refractivity contribution is 7.20. The second-order valence-corrected chi connectivity index (χ2v) is 8.69. The molecule has 7 heteroatoms. The summed E-state index contributed by atoms with van der Waals surface area (Å²) in [4.78, 5) is 14.0. The fourth-order valence-corrected chi connectivity index (χ4v) is 5.01. The van der Waals surface area contributed by atoms with E-state index in [2.05, 4.69) is 20.6 Å². The quantitative estimate of drug-likeness (QED) is 0.496. The second-order valence-electron chi connectivity index (χ2n) is 7.74. The number of hydrogen-bond donors (Lipinski definition) is 1. The number of hydrogen-bond acceptors (Lipinski definition) is 5. The normalized spacial score (nSPS) is 15.0. The zero-order valence-corrected chi connectivity index (χ0v) is 17.4. The van der Waals surface area contributed by atoms with Crippen LogP contribution in [0.3, 0.4) is 0 Å². The molecule has 6 nitrogen and oxygen atoms in total. The molecule has 1 fully saturated rings. The van der Waals surface area contributed by atoms with Crippen molar-refractivity contribution >= 4 is 27.3 Å². The Morgan fingerprint density at radius 3 is 2.20 bits per heavy atom. The Morgan fingerprint density at radius 2 is 1.57 bits per heavy atom. The number of fused-ring (bicyclic) bond motifs is 1. The molecule has 1 amide bonds. The van der Waals surface area contributed by atoms with Gasteiger partial charge < -0.3 is 0 Å². The third-order valence-corrected chi connectivity index (χ3v) is 6.56. The maximum absolute atomic E-state index is 13.3. The van der Waals surface area contributed by atoms with Crippen molar-refractivity contribution in [3.05, 3.63) is 77.6 Å². The average Bonchev–Trinajstić information content (AvgIpc) is 3.36. The van der Waals surface area contributed by atoms with Gasteiger partial charge in [-0.15, -0.1) is 15.3 Å².